The highest BCUT2D eigenvalue weighted by atomic mass is 35.5. The molecule has 1 aliphatic heterocycles. The van der Waals surface area contributed by atoms with Crippen LogP contribution in [0.3, 0.4) is 0 Å². The normalized spacial score (nSPS) is 22.9. The number of carbonyl (C=O) groups is 1. The van der Waals surface area contributed by atoms with Crippen LogP contribution in [0.1, 0.15) is 36.6 Å². The molecular formula is C16H18ClN3O2. The van der Waals surface area contributed by atoms with E-state index in [-0.39, 0.29) is 11.9 Å². The summed E-state index contributed by atoms with van der Waals surface area (Å²) in [7, 11) is 0. The third-order valence-corrected chi connectivity index (χ3v) is 5.50. The third kappa shape index (κ3) is 1.82. The van der Waals surface area contributed by atoms with Crippen molar-refractivity contribution >= 4 is 28.4 Å². The summed E-state index contributed by atoms with van der Waals surface area (Å²) in [6, 6.07) is 5.73. The number of benzene rings is 1. The first-order valence-corrected chi connectivity index (χ1v) is 8.01. The van der Waals surface area contributed by atoms with Crippen molar-refractivity contribution in [3.63, 3.8) is 0 Å². The van der Waals surface area contributed by atoms with Gasteiger partial charge < -0.3 is 10.3 Å². The lowest BCUT2D eigenvalue weighted by atomic mass is 9.61. The summed E-state index contributed by atoms with van der Waals surface area (Å²) in [6.45, 7) is 0.817. The van der Waals surface area contributed by atoms with Gasteiger partial charge in [0.15, 0.2) is 0 Å². The van der Waals surface area contributed by atoms with E-state index in [9.17, 15) is 4.79 Å². The molecule has 1 saturated carbocycles. The average Bonchev–Trinajstić information content (AvgIpc) is 2.85. The Balaban J connectivity index is 1.85. The number of aromatic amines is 1. The number of aromatic nitrogens is 1. The van der Waals surface area contributed by atoms with Gasteiger partial charge in [-0.2, -0.15) is 0 Å². The number of hydroxylamine groups is 1. The van der Waals surface area contributed by atoms with Gasteiger partial charge in [-0.15, -0.1) is 0 Å². The molecule has 1 amide bonds. The average molecular weight is 320 g/mol. The molecule has 0 bridgehead atoms. The second-order valence-corrected chi connectivity index (χ2v) is 6.73. The fraction of sp³-hybridized carbons (Fsp3) is 0.438. The van der Waals surface area contributed by atoms with Crippen molar-refractivity contribution in [3.8, 4) is 0 Å². The predicted molar refractivity (Wildman–Crippen MR) is 84.0 cm³/mol. The van der Waals surface area contributed by atoms with Gasteiger partial charge in [0.25, 0.3) is 5.91 Å². The standard InChI is InChI=1S/C16H18ClN3O2/c17-9-2-3-12-11(8-9)10-4-7-18-14(13(10)19-12)16(5-1-6-16)15(21)20-22/h2-3,8,14,18-19,22H,1,4-7H2,(H,20,21). The number of fused-ring (bicyclic) bond motifs is 3. The minimum absolute atomic E-state index is 0.0941. The maximum atomic E-state index is 12.3. The van der Waals surface area contributed by atoms with Crippen LogP contribution in [0, 0.1) is 5.41 Å². The number of halogens is 1. The zero-order chi connectivity index (χ0) is 15.3. The number of H-pyrrole nitrogens is 1. The first-order chi connectivity index (χ1) is 10.7. The Hall–Kier alpha value is -1.56. The number of hydrogen-bond donors (Lipinski definition) is 4. The largest absolute Gasteiger partial charge is 0.357 e. The monoisotopic (exact) mass is 319 g/mol. The zero-order valence-corrected chi connectivity index (χ0v) is 12.8. The molecule has 1 aromatic heterocycles. The molecule has 1 atom stereocenters. The summed E-state index contributed by atoms with van der Waals surface area (Å²) in [5.74, 6) is -0.291. The predicted octanol–water partition coefficient (Wildman–Crippen LogP) is 2.68. The summed E-state index contributed by atoms with van der Waals surface area (Å²) in [6.07, 6.45) is 3.48. The van der Waals surface area contributed by atoms with E-state index in [1.807, 2.05) is 23.7 Å². The van der Waals surface area contributed by atoms with Gasteiger partial charge in [-0.1, -0.05) is 18.0 Å². The van der Waals surface area contributed by atoms with E-state index < -0.39 is 5.41 Å². The first-order valence-electron chi connectivity index (χ1n) is 7.63. The van der Waals surface area contributed by atoms with Crippen LogP contribution in [0.15, 0.2) is 18.2 Å². The Morgan fingerprint density at radius 3 is 2.91 bits per heavy atom. The van der Waals surface area contributed by atoms with Gasteiger partial charge in [0, 0.05) is 21.6 Å². The summed E-state index contributed by atoms with van der Waals surface area (Å²) in [5, 5.41) is 14.5. The van der Waals surface area contributed by atoms with E-state index in [0.717, 1.165) is 53.8 Å². The van der Waals surface area contributed by atoms with Crippen molar-refractivity contribution in [2.75, 3.05) is 6.54 Å². The number of carbonyl (C=O) groups excluding carboxylic acids is 1. The number of hydrogen-bond acceptors (Lipinski definition) is 3. The molecule has 1 aliphatic carbocycles. The van der Waals surface area contributed by atoms with Crippen molar-refractivity contribution in [2.24, 2.45) is 5.41 Å². The fourth-order valence-corrected chi connectivity index (χ4v) is 4.16. The van der Waals surface area contributed by atoms with Crippen molar-refractivity contribution in [3.05, 3.63) is 34.5 Å². The van der Waals surface area contributed by atoms with E-state index in [0.29, 0.717) is 0 Å². The van der Waals surface area contributed by atoms with Crippen LogP contribution in [0.5, 0.6) is 0 Å². The number of amides is 1. The van der Waals surface area contributed by atoms with Gasteiger partial charge in [0.05, 0.1) is 11.5 Å². The lowest BCUT2D eigenvalue weighted by molar-refractivity contribution is -0.148. The molecular weight excluding hydrogens is 302 g/mol. The number of rotatable bonds is 2. The van der Waals surface area contributed by atoms with Crippen LogP contribution >= 0.6 is 11.6 Å². The molecule has 4 N–H and O–H groups in total. The van der Waals surface area contributed by atoms with Crippen molar-refractivity contribution < 1.29 is 10.0 Å². The molecule has 2 heterocycles. The summed E-state index contributed by atoms with van der Waals surface area (Å²) in [5.41, 5.74) is 4.64. The smallest absolute Gasteiger partial charge is 0.251 e. The molecule has 22 heavy (non-hydrogen) atoms. The summed E-state index contributed by atoms with van der Waals surface area (Å²) in [4.78, 5) is 15.7. The van der Waals surface area contributed by atoms with Crippen LogP contribution in [0.2, 0.25) is 5.02 Å². The van der Waals surface area contributed by atoms with E-state index in [4.69, 9.17) is 16.8 Å². The molecule has 4 rings (SSSR count). The highest BCUT2D eigenvalue weighted by Gasteiger charge is 2.52. The summed E-state index contributed by atoms with van der Waals surface area (Å²) < 4.78 is 0. The Bertz CT molecular complexity index is 751. The quantitative estimate of drug-likeness (QED) is 0.508. The minimum Gasteiger partial charge on any atom is -0.357 e. The van der Waals surface area contributed by atoms with Gasteiger partial charge >= 0.3 is 0 Å². The van der Waals surface area contributed by atoms with Crippen molar-refractivity contribution in [1.82, 2.24) is 15.8 Å². The Morgan fingerprint density at radius 2 is 2.23 bits per heavy atom. The van der Waals surface area contributed by atoms with Gasteiger partial charge in [-0.05, 0) is 49.6 Å². The first kappa shape index (κ1) is 14.1. The molecule has 1 aromatic carbocycles. The van der Waals surface area contributed by atoms with Crippen molar-refractivity contribution in [1.29, 1.82) is 0 Å². The molecule has 116 valence electrons. The third-order valence-electron chi connectivity index (χ3n) is 5.27. The zero-order valence-electron chi connectivity index (χ0n) is 12.1. The lowest BCUT2D eigenvalue weighted by Gasteiger charge is -2.47. The van der Waals surface area contributed by atoms with Crippen LogP contribution in [0.25, 0.3) is 10.9 Å². The topological polar surface area (TPSA) is 77.2 Å². The Morgan fingerprint density at radius 1 is 1.41 bits per heavy atom. The molecule has 0 saturated heterocycles. The van der Waals surface area contributed by atoms with Crippen LogP contribution < -0.4 is 10.8 Å². The second kappa shape index (κ2) is 4.98. The molecule has 2 aliphatic rings. The van der Waals surface area contributed by atoms with E-state index in [2.05, 4.69) is 10.3 Å². The minimum atomic E-state index is -0.561. The van der Waals surface area contributed by atoms with E-state index >= 15 is 0 Å². The van der Waals surface area contributed by atoms with E-state index in [1.165, 1.54) is 5.56 Å². The maximum Gasteiger partial charge on any atom is 0.251 e. The number of nitrogens with one attached hydrogen (secondary N) is 3. The highest BCUT2D eigenvalue weighted by Crippen LogP contribution is 2.52. The van der Waals surface area contributed by atoms with Gasteiger partial charge in [-0.3, -0.25) is 10.0 Å². The molecule has 1 unspecified atom stereocenters. The van der Waals surface area contributed by atoms with Crippen LogP contribution in [-0.4, -0.2) is 22.6 Å². The molecule has 0 spiro atoms. The molecule has 6 heteroatoms. The van der Waals surface area contributed by atoms with Crippen molar-refractivity contribution in [2.45, 2.75) is 31.7 Å². The van der Waals surface area contributed by atoms with Crippen LogP contribution in [-0.2, 0) is 11.2 Å². The second-order valence-electron chi connectivity index (χ2n) is 6.29. The van der Waals surface area contributed by atoms with Gasteiger partial charge in [-0.25, -0.2) is 5.48 Å². The Labute approximate surface area is 133 Å². The van der Waals surface area contributed by atoms with E-state index in [1.54, 1.807) is 0 Å². The molecule has 1 fully saturated rings. The Kier molecular flexibility index (Phi) is 3.18. The summed E-state index contributed by atoms with van der Waals surface area (Å²) >= 11 is 6.13. The molecule has 2 aromatic rings. The lowest BCUT2D eigenvalue weighted by Crippen LogP contribution is -2.54. The highest BCUT2D eigenvalue weighted by molar-refractivity contribution is 6.31. The van der Waals surface area contributed by atoms with Crippen LogP contribution in [0.4, 0.5) is 0 Å². The molecule has 5 nitrogen and oxygen atoms in total. The van der Waals surface area contributed by atoms with Gasteiger partial charge in [0.2, 0.25) is 0 Å². The van der Waals surface area contributed by atoms with Gasteiger partial charge in [0.1, 0.15) is 0 Å². The SMILES string of the molecule is O=C(NO)C1(C2NCCc3c2[nH]c2ccc(Cl)cc32)CCC1. The fourth-order valence-electron chi connectivity index (χ4n) is 3.99. The molecule has 0 radical (unpaired) electrons. The maximum absolute atomic E-state index is 12.3.